The molecule has 3 rings (SSSR count). The first-order valence-corrected chi connectivity index (χ1v) is 7.49. The predicted octanol–water partition coefficient (Wildman–Crippen LogP) is 1.89. The zero-order chi connectivity index (χ0) is 18.7. The fraction of sp³-hybridized carbons (Fsp3) is 0.188. The fourth-order valence-corrected chi connectivity index (χ4v) is 2.36. The Morgan fingerprint density at radius 3 is 2.69 bits per heavy atom. The van der Waals surface area contributed by atoms with Crippen LogP contribution >= 0.6 is 0 Å². The van der Waals surface area contributed by atoms with Gasteiger partial charge in [-0.2, -0.15) is 5.10 Å². The van der Waals surface area contributed by atoms with Crippen molar-refractivity contribution in [2.24, 2.45) is 5.10 Å². The molecule has 2 heterocycles. The number of furan rings is 1. The zero-order valence-corrected chi connectivity index (χ0v) is 13.7. The quantitative estimate of drug-likeness (QED) is 0.363. The molecule has 0 bridgehead atoms. The number of urea groups is 1. The van der Waals surface area contributed by atoms with E-state index >= 15 is 0 Å². The molecule has 0 atom stereocenters. The van der Waals surface area contributed by atoms with Crippen LogP contribution in [0.2, 0.25) is 0 Å². The number of hydrogen-bond donors (Lipinski definition) is 1. The van der Waals surface area contributed by atoms with Crippen molar-refractivity contribution in [1.29, 1.82) is 0 Å². The largest absolute Gasteiger partial charge is 0.455 e. The SMILES string of the molecule is COCc1cc(-c2ccc([N+](=O)[O-])cc2)oc1/C=N/N1CC(=O)NC1=O. The van der Waals surface area contributed by atoms with Gasteiger partial charge in [0, 0.05) is 30.4 Å². The van der Waals surface area contributed by atoms with Gasteiger partial charge in [-0.15, -0.1) is 0 Å². The first-order chi connectivity index (χ1) is 12.5. The molecule has 0 spiro atoms. The zero-order valence-electron chi connectivity index (χ0n) is 13.7. The minimum Gasteiger partial charge on any atom is -0.455 e. The van der Waals surface area contributed by atoms with Crippen molar-refractivity contribution >= 4 is 23.8 Å². The Labute approximate surface area is 147 Å². The summed E-state index contributed by atoms with van der Waals surface area (Å²) in [7, 11) is 1.52. The molecule has 26 heavy (non-hydrogen) atoms. The van der Waals surface area contributed by atoms with Crippen LogP contribution in [-0.4, -0.2) is 41.7 Å². The lowest BCUT2D eigenvalue weighted by molar-refractivity contribution is -0.384. The molecular formula is C16H14N4O6. The van der Waals surface area contributed by atoms with Crippen molar-refractivity contribution in [3.8, 4) is 11.3 Å². The number of ether oxygens (including phenoxy) is 1. The van der Waals surface area contributed by atoms with Crippen LogP contribution in [0.25, 0.3) is 11.3 Å². The molecule has 1 aliphatic rings. The van der Waals surface area contributed by atoms with E-state index in [0.717, 1.165) is 5.01 Å². The number of rotatable bonds is 6. The fourth-order valence-electron chi connectivity index (χ4n) is 2.36. The second-order valence-corrected chi connectivity index (χ2v) is 5.39. The molecule has 1 N–H and O–H groups in total. The number of nitro groups is 1. The molecule has 2 aromatic rings. The lowest BCUT2D eigenvalue weighted by Crippen LogP contribution is -2.24. The monoisotopic (exact) mass is 358 g/mol. The van der Waals surface area contributed by atoms with Crippen molar-refractivity contribution in [1.82, 2.24) is 10.3 Å². The normalized spacial score (nSPS) is 14.3. The minimum absolute atomic E-state index is 0.0241. The van der Waals surface area contributed by atoms with Gasteiger partial charge in [-0.25, -0.2) is 9.80 Å². The van der Waals surface area contributed by atoms with E-state index in [-0.39, 0.29) is 18.8 Å². The summed E-state index contributed by atoms with van der Waals surface area (Å²) in [4.78, 5) is 32.9. The molecular weight excluding hydrogens is 344 g/mol. The third-order valence-electron chi connectivity index (χ3n) is 3.59. The van der Waals surface area contributed by atoms with E-state index < -0.39 is 16.9 Å². The van der Waals surface area contributed by atoms with E-state index in [0.29, 0.717) is 22.6 Å². The topological polar surface area (TPSA) is 127 Å². The van der Waals surface area contributed by atoms with Crippen molar-refractivity contribution < 1.29 is 23.7 Å². The average molecular weight is 358 g/mol. The maximum atomic E-state index is 11.5. The van der Waals surface area contributed by atoms with Crippen LogP contribution in [0.15, 0.2) is 39.9 Å². The number of carbonyl (C=O) groups is 2. The number of benzene rings is 1. The number of carbonyl (C=O) groups excluding carboxylic acids is 2. The molecule has 10 nitrogen and oxygen atoms in total. The number of hydrazone groups is 1. The Bertz CT molecular complexity index is 887. The molecule has 0 radical (unpaired) electrons. The molecule has 0 unspecified atom stereocenters. The highest BCUT2D eigenvalue weighted by Crippen LogP contribution is 2.27. The third kappa shape index (κ3) is 3.59. The molecule has 1 fully saturated rings. The van der Waals surface area contributed by atoms with E-state index in [4.69, 9.17) is 9.15 Å². The van der Waals surface area contributed by atoms with Gasteiger partial charge in [-0.3, -0.25) is 20.2 Å². The summed E-state index contributed by atoms with van der Waals surface area (Å²) in [5, 5.41) is 17.8. The van der Waals surface area contributed by atoms with E-state index in [1.807, 2.05) is 0 Å². The highest BCUT2D eigenvalue weighted by Gasteiger charge is 2.26. The molecule has 3 amide bonds. The summed E-state index contributed by atoms with van der Waals surface area (Å²) in [6.07, 6.45) is 1.32. The van der Waals surface area contributed by atoms with E-state index in [2.05, 4.69) is 10.4 Å². The van der Waals surface area contributed by atoms with Crippen LogP contribution < -0.4 is 5.32 Å². The van der Waals surface area contributed by atoms with E-state index in [9.17, 15) is 19.7 Å². The van der Waals surface area contributed by atoms with Gasteiger partial charge < -0.3 is 9.15 Å². The summed E-state index contributed by atoms with van der Waals surface area (Å²) >= 11 is 0. The molecule has 1 aromatic heterocycles. The average Bonchev–Trinajstić information content (AvgIpc) is 3.16. The number of methoxy groups -OCH3 is 1. The molecule has 1 aromatic carbocycles. The number of hydrogen-bond acceptors (Lipinski definition) is 7. The smallest absolute Gasteiger partial charge is 0.344 e. The molecule has 0 saturated carbocycles. The van der Waals surface area contributed by atoms with Crippen LogP contribution in [0.4, 0.5) is 10.5 Å². The Hall–Kier alpha value is -3.53. The van der Waals surface area contributed by atoms with Gasteiger partial charge in [0.15, 0.2) is 5.76 Å². The van der Waals surface area contributed by atoms with Gasteiger partial charge in [0.2, 0.25) is 5.91 Å². The first kappa shape index (κ1) is 17.3. The highest BCUT2D eigenvalue weighted by atomic mass is 16.6. The summed E-state index contributed by atoms with van der Waals surface area (Å²) in [5.41, 5.74) is 1.29. The van der Waals surface area contributed by atoms with Crippen molar-refractivity contribution in [2.75, 3.05) is 13.7 Å². The van der Waals surface area contributed by atoms with Gasteiger partial charge in [0.1, 0.15) is 12.3 Å². The molecule has 1 saturated heterocycles. The van der Waals surface area contributed by atoms with Crippen LogP contribution in [0.3, 0.4) is 0 Å². The number of nitrogens with zero attached hydrogens (tertiary/aromatic N) is 3. The van der Waals surface area contributed by atoms with Gasteiger partial charge >= 0.3 is 6.03 Å². The minimum atomic E-state index is -0.610. The van der Waals surface area contributed by atoms with Crippen LogP contribution in [-0.2, 0) is 16.1 Å². The Kier molecular flexibility index (Phi) is 4.76. The molecule has 0 aliphatic carbocycles. The third-order valence-corrected chi connectivity index (χ3v) is 3.59. The lowest BCUT2D eigenvalue weighted by Gasteiger charge is -2.03. The maximum Gasteiger partial charge on any atom is 0.344 e. The standard InChI is InChI=1S/C16H14N4O6/c1-25-9-11-6-13(10-2-4-12(5-3-10)20(23)24)26-14(11)7-17-19-8-15(21)18-16(19)22/h2-7H,8-9H2,1H3,(H,18,21,22)/b17-7+. The maximum absolute atomic E-state index is 11.5. The Balaban J connectivity index is 1.87. The summed E-state index contributed by atoms with van der Waals surface area (Å²) in [6, 6.07) is 7.01. The van der Waals surface area contributed by atoms with Crippen LogP contribution in [0.1, 0.15) is 11.3 Å². The summed E-state index contributed by atoms with van der Waals surface area (Å²) < 4.78 is 10.9. The summed E-state index contributed by atoms with van der Waals surface area (Å²) in [5.74, 6) is 0.387. The van der Waals surface area contributed by atoms with Crippen molar-refractivity contribution in [3.05, 3.63) is 51.8 Å². The number of nitro benzene ring substituents is 1. The number of imide groups is 1. The van der Waals surface area contributed by atoms with Gasteiger partial charge in [-0.1, -0.05) is 0 Å². The van der Waals surface area contributed by atoms with Crippen LogP contribution in [0.5, 0.6) is 0 Å². The van der Waals surface area contributed by atoms with Gasteiger partial charge in [0.25, 0.3) is 5.69 Å². The number of non-ortho nitro benzene ring substituents is 1. The van der Waals surface area contributed by atoms with Gasteiger partial charge in [-0.05, 0) is 18.2 Å². The number of amides is 3. The number of nitrogens with one attached hydrogen (secondary N) is 1. The lowest BCUT2D eigenvalue weighted by atomic mass is 10.1. The first-order valence-electron chi connectivity index (χ1n) is 7.49. The van der Waals surface area contributed by atoms with Crippen LogP contribution in [0, 0.1) is 10.1 Å². The predicted molar refractivity (Wildman–Crippen MR) is 89.4 cm³/mol. The van der Waals surface area contributed by atoms with Crippen molar-refractivity contribution in [3.63, 3.8) is 0 Å². The second kappa shape index (κ2) is 7.15. The molecule has 134 valence electrons. The Morgan fingerprint density at radius 1 is 1.38 bits per heavy atom. The highest BCUT2D eigenvalue weighted by molar-refractivity contribution is 6.02. The Morgan fingerprint density at radius 2 is 2.12 bits per heavy atom. The summed E-state index contributed by atoms with van der Waals surface area (Å²) in [6.45, 7) is 0.0772. The second-order valence-electron chi connectivity index (χ2n) is 5.39. The van der Waals surface area contributed by atoms with Crippen molar-refractivity contribution in [2.45, 2.75) is 6.61 Å². The molecule has 10 heteroatoms. The molecule has 1 aliphatic heterocycles. The van der Waals surface area contributed by atoms with Gasteiger partial charge in [0.05, 0.1) is 17.7 Å². The van der Waals surface area contributed by atoms with E-state index in [1.165, 1.54) is 25.5 Å². The van der Waals surface area contributed by atoms with E-state index in [1.54, 1.807) is 18.2 Å².